The molecule has 0 aliphatic carbocycles. The fourth-order valence-electron chi connectivity index (χ4n) is 3.13. The van der Waals surface area contributed by atoms with E-state index in [1.165, 1.54) is 0 Å². The number of nitrogens with one attached hydrogen (secondary N) is 1. The molecule has 1 atom stereocenters. The summed E-state index contributed by atoms with van der Waals surface area (Å²) < 4.78 is 5.40. The SMILES string of the molecule is CNc1ccc(C(=O)N2CCC(N3CCOCC3)C2)cc1. The summed E-state index contributed by atoms with van der Waals surface area (Å²) in [4.78, 5) is 17.0. The van der Waals surface area contributed by atoms with Gasteiger partial charge in [0.25, 0.3) is 5.91 Å². The van der Waals surface area contributed by atoms with Crippen LogP contribution in [0.1, 0.15) is 16.8 Å². The molecule has 3 rings (SSSR count). The molecule has 0 radical (unpaired) electrons. The Bertz CT molecular complexity index is 483. The number of benzene rings is 1. The fraction of sp³-hybridized carbons (Fsp3) is 0.562. The van der Waals surface area contributed by atoms with E-state index < -0.39 is 0 Å². The molecule has 2 aliphatic heterocycles. The van der Waals surface area contributed by atoms with E-state index in [9.17, 15) is 4.79 Å². The van der Waals surface area contributed by atoms with Gasteiger partial charge >= 0.3 is 0 Å². The number of amides is 1. The average Bonchev–Trinajstić information content (AvgIpc) is 3.05. The van der Waals surface area contributed by atoms with Crippen molar-refractivity contribution in [3.8, 4) is 0 Å². The van der Waals surface area contributed by atoms with Gasteiger partial charge in [0.2, 0.25) is 0 Å². The molecule has 0 spiro atoms. The van der Waals surface area contributed by atoms with Crippen LogP contribution in [0.25, 0.3) is 0 Å². The Balaban J connectivity index is 1.60. The standard InChI is InChI=1S/C16H23N3O2/c1-17-14-4-2-13(3-5-14)16(20)19-7-6-15(12-19)18-8-10-21-11-9-18/h2-5,15,17H,6-12H2,1H3. The van der Waals surface area contributed by atoms with E-state index in [0.717, 1.165) is 57.1 Å². The summed E-state index contributed by atoms with van der Waals surface area (Å²) in [7, 11) is 1.88. The summed E-state index contributed by atoms with van der Waals surface area (Å²) in [6.07, 6.45) is 1.07. The van der Waals surface area contributed by atoms with Gasteiger partial charge in [0.1, 0.15) is 0 Å². The van der Waals surface area contributed by atoms with Crippen molar-refractivity contribution >= 4 is 11.6 Å². The second-order valence-corrected chi connectivity index (χ2v) is 5.67. The molecule has 1 amide bonds. The Morgan fingerprint density at radius 1 is 1.19 bits per heavy atom. The van der Waals surface area contributed by atoms with Crippen LogP contribution in [0.5, 0.6) is 0 Å². The van der Waals surface area contributed by atoms with Crippen LogP contribution in [0.15, 0.2) is 24.3 Å². The third-order valence-electron chi connectivity index (χ3n) is 4.43. The van der Waals surface area contributed by atoms with Gasteiger partial charge in [0, 0.05) is 50.5 Å². The minimum absolute atomic E-state index is 0.147. The highest BCUT2D eigenvalue weighted by molar-refractivity contribution is 5.94. The number of rotatable bonds is 3. The van der Waals surface area contributed by atoms with Crippen LogP contribution < -0.4 is 5.32 Å². The number of carbonyl (C=O) groups excluding carboxylic acids is 1. The topological polar surface area (TPSA) is 44.8 Å². The quantitative estimate of drug-likeness (QED) is 0.910. The summed E-state index contributed by atoms with van der Waals surface area (Å²) in [5.41, 5.74) is 1.80. The molecule has 21 heavy (non-hydrogen) atoms. The smallest absolute Gasteiger partial charge is 0.253 e. The van der Waals surface area contributed by atoms with E-state index in [1.54, 1.807) is 0 Å². The van der Waals surface area contributed by atoms with E-state index >= 15 is 0 Å². The number of hydrogen-bond donors (Lipinski definition) is 1. The Morgan fingerprint density at radius 3 is 2.57 bits per heavy atom. The molecule has 1 aromatic rings. The molecule has 2 aliphatic rings. The zero-order valence-corrected chi connectivity index (χ0v) is 12.5. The van der Waals surface area contributed by atoms with Crippen molar-refractivity contribution in [3.63, 3.8) is 0 Å². The first-order chi connectivity index (χ1) is 10.3. The third-order valence-corrected chi connectivity index (χ3v) is 4.43. The first-order valence-corrected chi connectivity index (χ1v) is 7.67. The minimum atomic E-state index is 0.147. The second kappa shape index (κ2) is 6.45. The van der Waals surface area contributed by atoms with Gasteiger partial charge < -0.3 is 15.0 Å². The van der Waals surface area contributed by atoms with Crippen molar-refractivity contribution in [2.24, 2.45) is 0 Å². The summed E-state index contributed by atoms with van der Waals surface area (Å²) in [5, 5.41) is 3.07. The predicted octanol–water partition coefficient (Wildman–Crippen LogP) is 1.27. The predicted molar refractivity (Wildman–Crippen MR) is 82.7 cm³/mol. The van der Waals surface area contributed by atoms with Gasteiger partial charge in [-0.15, -0.1) is 0 Å². The van der Waals surface area contributed by atoms with Crippen molar-refractivity contribution in [2.75, 3.05) is 51.8 Å². The number of ether oxygens (including phenoxy) is 1. The van der Waals surface area contributed by atoms with Gasteiger partial charge in [-0.3, -0.25) is 9.69 Å². The number of carbonyl (C=O) groups is 1. The van der Waals surface area contributed by atoms with Gasteiger partial charge in [-0.05, 0) is 30.7 Å². The lowest BCUT2D eigenvalue weighted by atomic mass is 10.2. The van der Waals surface area contributed by atoms with E-state index in [2.05, 4.69) is 10.2 Å². The number of morpholine rings is 1. The summed E-state index contributed by atoms with van der Waals surface area (Å²) in [6, 6.07) is 8.19. The highest BCUT2D eigenvalue weighted by Gasteiger charge is 2.31. The molecule has 1 unspecified atom stereocenters. The van der Waals surface area contributed by atoms with Crippen LogP contribution >= 0.6 is 0 Å². The van der Waals surface area contributed by atoms with Crippen molar-refractivity contribution in [1.82, 2.24) is 9.80 Å². The molecular formula is C16H23N3O2. The number of hydrogen-bond acceptors (Lipinski definition) is 4. The normalized spacial score (nSPS) is 23.3. The van der Waals surface area contributed by atoms with Crippen LogP contribution in [0.2, 0.25) is 0 Å². The molecule has 0 bridgehead atoms. The van der Waals surface area contributed by atoms with E-state index in [-0.39, 0.29) is 5.91 Å². The van der Waals surface area contributed by atoms with Crippen molar-refractivity contribution in [2.45, 2.75) is 12.5 Å². The van der Waals surface area contributed by atoms with Crippen LogP contribution in [0, 0.1) is 0 Å². The number of likely N-dealkylation sites (tertiary alicyclic amines) is 1. The van der Waals surface area contributed by atoms with Crippen LogP contribution in [0.4, 0.5) is 5.69 Å². The number of anilines is 1. The van der Waals surface area contributed by atoms with Gasteiger partial charge in [0.05, 0.1) is 13.2 Å². The van der Waals surface area contributed by atoms with Crippen LogP contribution in [0.3, 0.4) is 0 Å². The van der Waals surface area contributed by atoms with E-state index in [1.807, 2.05) is 36.2 Å². The van der Waals surface area contributed by atoms with Gasteiger partial charge in [0.15, 0.2) is 0 Å². The maximum Gasteiger partial charge on any atom is 0.253 e. The minimum Gasteiger partial charge on any atom is -0.388 e. The zero-order chi connectivity index (χ0) is 14.7. The molecule has 0 saturated carbocycles. The Hall–Kier alpha value is -1.59. The Labute approximate surface area is 125 Å². The monoisotopic (exact) mass is 289 g/mol. The van der Waals surface area contributed by atoms with Crippen molar-refractivity contribution < 1.29 is 9.53 Å². The highest BCUT2D eigenvalue weighted by atomic mass is 16.5. The lowest BCUT2D eigenvalue weighted by molar-refractivity contribution is 0.0185. The zero-order valence-electron chi connectivity index (χ0n) is 12.5. The summed E-state index contributed by atoms with van der Waals surface area (Å²) >= 11 is 0. The first kappa shape index (κ1) is 14.4. The van der Waals surface area contributed by atoms with Gasteiger partial charge in [-0.1, -0.05) is 0 Å². The molecule has 5 heteroatoms. The fourth-order valence-corrected chi connectivity index (χ4v) is 3.13. The highest BCUT2D eigenvalue weighted by Crippen LogP contribution is 2.20. The molecule has 2 fully saturated rings. The molecule has 1 N–H and O–H groups in total. The number of nitrogens with zero attached hydrogens (tertiary/aromatic N) is 2. The maximum atomic E-state index is 12.5. The summed E-state index contributed by atoms with van der Waals surface area (Å²) in [5.74, 6) is 0.147. The molecule has 1 aromatic carbocycles. The Morgan fingerprint density at radius 2 is 1.90 bits per heavy atom. The molecule has 2 heterocycles. The van der Waals surface area contributed by atoms with E-state index in [4.69, 9.17) is 4.74 Å². The van der Waals surface area contributed by atoms with Crippen LogP contribution in [-0.4, -0.2) is 68.2 Å². The molecule has 5 nitrogen and oxygen atoms in total. The molecule has 2 saturated heterocycles. The van der Waals surface area contributed by atoms with Gasteiger partial charge in [-0.2, -0.15) is 0 Å². The Kier molecular flexibility index (Phi) is 4.41. The average molecular weight is 289 g/mol. The van der Waals surface area contributed by atoms with Gasteiger partial charge in [-0.25, -0.2) is 0 Å². The molecule has 114 valence electrons. The third kappa shape index (κ3) is 3.19. The molecular weight excluding hydrogens is 266 g/mol. The van der Waals surface area contributed by atoms with Crippen LogP contribution in [-0.2, 0) is 4.74 Å². The largest absolute Gasteiger partial charge is 0.388 e. The lowest BCUT2D eigenvalue weighted by Gasteiger charge is -2.32. The maximum absolute atomic E-state index is 12.5. The second-order valence-electron chi connectivity index (χ2n) is 5.67. The summed E-state index contributed by atoms with van der Waals surface area (Å²) in [6.45, 7) is 5.31. The lowest BCUT2D eigenvalue weighted by Crippen LogP contribution is -2.45. The first-order valence-electron chi connectivity index (χ1n) is 7.67. The molecule has 0 aromatic heterocycles. The van der Waals surface area contributed by atoms with Crippen molar-refractivity contribution in [1.29, 1.82) is 0 Å². The van der Waals surface area contributed by atoms with Crippen molar-refractivity contribution in [3.05, 3.63) is 29.8 Å². The van der Waals surface area contributed by atoms with E-state index in [0.29, 0.717) is 6.04 Å².